The summed E-state index contributed by atoms with van der Waals surface area (Å²) in [6.45, 7) is 5.99. The number of amides is 1. The van der Waals surface area contributed by atoms with Crippen molar-refractivity contribution in [2.24, 2.45) is 16.7 Å². The largest absolute Gasteiger partial charge is 0.511 e. The molecule has 22 heteroatoms. The first-order valence-corrected chi connectivity index (χ1v) is 24.6. The molecule has 4 aliphatic rings. The molecule has 1 saturated heterocycles. The highest BCUT2D eigenvalue weighted by molar-refractivity contribution is 5.96. The third-order valence-corrected chi connectivity index (χ3v) is 15.0. The minimum Gasteiger partial charge on any atom is -0.456 e. The number of ketones is 1. The maximum absolute atomic E-state index is 16.2. The molecular weight excluding hydrogens is 1010 g/mol. The normalized spacial score (nSPS) is 27.6. The zero-order chi connectivity index (χ0) is 56.0. The molecule has 1 heterocycles. The maximum atomic E-state index is 16.2. The van der Waals surface area contributed by atoms with Crippen molar-refractivity contribution in [3.8, 4) is 0 Å². The Morgan fingerprint density at radius 2 is 1.34 bits per heavy atom. The third-order valence-electron chi connectivity index (χ3n) is 15.0. The second-order valence-electron chi connectivity index (χ2n) is 19.9. The third kappa shape index (κ3) is 11.5. The van der Waals surface area contributed by atoms with Crippen LogP contribution in [0.15, 0.2) is 102 Å². The monoisotopic (exact) mass is 1070 g/mol. The van der Waals surface area contributed by atoms with Crippen molar-refractivity contribution in [2.45, 2.75) is 121 Å². The van der Waals surface area contributed by atoms with Crippen LogP contribution in [0.1, 0.15) is 99.5 Å². The molecule has 11 atom stereocenters. The van der Waals surface area contributed by atoms with Crippen LogP contribution in [-0.4, -0.2) is 139 Å². The first-order valence-electron chi connectivity index (χ1n) is 24.6. The molecule has 1 amide bonds. The second-order valence-corrected chi connectivity index (χ2v) is 19.9. The Morgan fingerprint density at radius 3 is 1.90 bits per heavy atom. The first kappa shape index (κ1) is 57.2. The zero-order valence-corrected chi connectivity index (χ0v) is 43.4. The first-order chi connectivity index (χ1) is 36.5. The van der Waals surface area contributed by atoms with Gasteiger partial charge in [0.05, 0.1) is 42.4 Å². The molecule has 3 aromatic rings. The highest BCUT2D eigenvalue weighted by Crippen LogP contribution is 2.65. The Kier molecular flexibility index (Phi) is 17.4. The number of esters is 6. The van der Waals surface area contributed by atoms with Crippen LogP contribution in [0.3, 0.4) is 0 Å². The summed E-state index contributed by atoms with van der Waals surface area (Å²) in [6.07, 6.45) is -14.2. The van der Waals surface area contributed by atoms with E-state index in [2.05, 4.69) is 10.1 Å². The van der Waals surface area contributed by atoms with Crippen LogP contribution in [0, 0.1) is 16.7 Å². The van der Waals surface area contributed by atoms with E-state index in [1.54, 1.807) is 66.7 Å². The van der Waals surface area contributed by atoms with Gasteiger partial charge in [-0.15, -0.1) is 0 Å². The van der Waals surface area contributed by atoms with Crippen LogP contribution in [-0.2, 0) is 76.1 Å². The molecule has 0 spiro atoms. The summed E-state index contributed by atoms with van der Waals surface area (Å²) in [4.78, 5) is 124. The SMILES string of the molecule is COCOC(=O)CCC(=O)OCOC(=O)O[C@H]1C[C@H]2OC[C@@]2(OC(C)=O)C2C(OC(=O)c3ccccc3)[C@]3(O)C[C@H](OC(=O)[C@H](O)[C@@H](NC(=O)c4ccccc4)c4ccccc4)C(C)=C([C@@H](OC(C)=O)C(=O)[C@@]21C)C3(C)C. The van der Waals surface area contributed by atoms with Gasteiger partial charge in [-0.1, -0.05) is 80.6 Å². The van der Waals surface area contributed by atoms with E-state index >= 15 is 4.79 Å². The summed E-state index contributed by atoms with van der Waals surface area (Å²) in [6, 6.07) is 22.3. The van der Waals surface area contributed by atoms with Crippen molar-refractivity contribution in [3.05, 3.63) is 119 Å². The van der Waals surface area contributed by atoms with E-state index in [0.29, 0.717) is 5.56 Å². The number of carbonyl (C=O) groups excluding carboxylic acids is 9. The van der Waals surface area contributed by atoms with Gasteiger partial charge in [0.1, 0.15) is 30.0 Å². The van der Waals surface area contributed by atoms with Crippen LogP contribution in [0.25, 0.3) is 0 Å². The van der Waals surface area contributed by atoms with Gasteiger partial charge in [0.2, 0.25) is 6.79 Å². The Labute approximate surface area is 442 Å². The lowest BCUT2D eigenvalue weighted by Gasteiger charge is -2.67. The van der Waals surface area contributed by atoms with E-state index in [-0.39, 0.29) is 29.1 Å². The van der Waals surface area contributed by atoms with Gasteiger partial charge in [-0.3, -0.25) is 28.8 Å². The summed E-state index contributed by atoms with van der Waals surface area (Å²) in [7, 11) is 1.30. The fraction of sp³-hybridized carbons (Fsp3) is 0.473. The van der Waals surface area contributed by atoms with Crippen molar-refractivity contribution >= 4 is 53.7 Å². The maximum Gasteiger partial charge on any atom is 0.511 e. The van der Waals surface area contributed by atoms with Crippen molar-refractivity contribution < 1.29 is 101 Å². The molecule has 7 rings (SSSR count). The van der Waals surface area contributed by atoms with Crippen molar-refractivity contribution in [1.82, 2.24) is 5.32 Å². The van der Waals surface area contributed by atoms with Crippen molar-refractivity contribution in [1.29, 1.82) is 0 Å². The minimum atomic E-state index is -2.58. The quantitative estimate of drug-likeness (QED) is 0.0691. The lowest BCUT2D eigenvalue weighted by atomic mass is 9.44. The van der Waals surface area contributed by atoms with Gasteiger partial charge in [0, 0.05) is 44.8 Å². The van der Waals surface area contributed by atoms with E-state index in [0.717, 1.165) is 13.8 Å². The highest BCUT2D eigenvalue weighted by Gasteiger charge is 2.79. The smallest absolute Gasteiger partial charge is 0.456 e. The molecule has 1 aliphatic heterocycles. The van der Waals surface area contributed by atoms with Gasteiger partial charge in [0.15, 0.2) is 30.4 Å². The Balaban J connectivity index is 1.34. The number of nitrogens with one attached hydrogen (secondary N) is 1. The molecule has 3 aromatic carbocycles. The second kappa shape index (κ2) is 23.4. The molecule has 22 nitrogen and oxygen atoms in total. The average molecular weight is 1070 g/mol. The Morgan fingerprint density at radius 1 is 0.753 bits per heavy atom. The Hall–Kier alpha value is -7.53. The van der Waals surface area contributed by atoms with E-state index in [4.69, 9.17) is 42.6 Å². The van der Waals surface area contributed by atoms with E-state index in [1.807, 2.05) is 0 Å². The van der Waals surface area contributed by atoms with Crippen LogP contribution in [0.4, 0.5) is 4.79 Å². The van der Waals surface area contributed by atoms with Crippen LogP contribution < -0.4 is 5.32 Å². The minimum absolute atomic E-state index is 0.0308. The van der Waals surface area contributed by atoms with Gasteiger partial charge in [-0.05, 0) is 54.8 Å². The van der Waals surface area contributed by atoms with Gasteiger partial charge >= 0.3 is 42.0 Å². The van der Waals surface area contributed by atoms with E-state index in [9.17, 15) is 48.6 Å². The summed E-state index contributed by atoms with van der Waals surface area (Å²) in [5, 5.41) is 28.7. The lowest BCUT2D eigenvalue weighted by molar-refractivity contribution is -0.346. The number of carbonyl (C=O) groups is 9. The standard InChI is InChI=1S/C55H61NO21/c1-30-36(74-50(65)43(61)42(33-17-11-8-12-18-33)56-48(63)34-19-13-9-14-20-34)26-55(67)47(76-49(64)35-21-15-10-16-22-35)45-53(6,46(62)44(73-31(2)57)41(30)52(55,4)5)37(25-38-54(45,27-69-38)77-32(3)58)75-51(66)72-29-71-40(60)24-23-39(59)70-28-68-7/h8-22,36-38,42-45,47,61,67H,23-29H2,1-7H3,(H,56,63)/t36-,37-,38+,42-,43+,44+,45?,47?,53+,54-,55+/m0/s1. The van der Waals surface area contributed by atoms with Gasteiger partial charge in [-0.25, -0.2) is 14.4 Å². The van der Waals surface area contributed by atoms with Gasteiger partial charge in [0.25, 0.3) is 5.91 Å². The molecule has 3 aliphatic carbocycles. The highest BCUT2D eigenvalue weighted by atomic mass is 16.8. The molecule has 0 radical (unpaired) electrons. The van der Waals surface area contributed by atoms with Gasteiger partial charge < -0.3 is 62.9 Å². The lowest BCUT2D eigenvalue weighted by Crippen LogP contribution is -2.82. The molecule has 77 heavy (non-hydrogen) atoms. The fourth-order valence-electron chi connectivity index (χ4n) is 11.1. The fourth-order valence-corrected chi connectivity index (χ4v) is 11.1. The number of benzene rings is 3. The van der Waals surface area contributed by atoms with Crippen LogP contribution >= 0.6 is 0 Å². The number of hydrogen-bond acceptors (Lipinski definition) is 21. The summed E-state index contributed by atoms with van der Waals surface area (Å²) < 4.78 is 56.2. The molecular formula is C55H61NO21. The molecule has 412 valence electrons. The number of ether oxygens (including phenoxy) is 10. The van der Waals surface area contributed by atoms with Crippen molar-refractivity contribution in [2.75, 3.05) is 27.3 Å². The summed E-state index contributed by atoms with van der Waals surface area (Å²) in [5.74, 6) is -9.46. The van der Waals surface area contributed by atoms with Gasteiger partial charge in [-0.2, -0.15) is 0 Å². The van der Waals surface area contributed by atoms with Crippen LogP contribution in [0.2, 0.25) is 0 Å². The average Bonchev–Trinajstić information content (AvgIpc) is 3.57. The molecule has 2 saturated carbocycles. The number of aliphatic hydroxyl groups excluding tert-OH is 1. The van der Waals surface area contributed by atoms with E-state index < -0.39 is 163 Å². The Bertz CT molecular complexity index is 2770. The number of fused-ring (bicyclic) bond motifs is 5. The van der Waals surface area contributed by atoms with Crippen molar-refractivity contribution in [3.63, 3.8) is 0 Å². The molecule has 2 bridgehead atoms. The predicted molar refractivity (Wildman–Crippen MR) is 261 cm³/mol. The molecule has 2 unspecified atom stereocenters. The van der Waals surface area contributed by atoms with E-state index in [1.165, 1.54) is 59.1 Å². The number of methoxy groups -OCH3 is 1. The topological polar surface area (TPSA) is 298 Å². The number of rotatable bonds is 18. The van der Waals surface area contributed by atoms with Crippen LogP contribution in [0.5, 0.6) is 0 Å². The zero-order valence-electron chi connectivity index (χ0n) is 43.4. The molecule has 0 aromatic heterocycles. The molecule has 3 N–H and O–H groups in total. The number of Topliss-reactive ketones (excluding diaryl/α,β-unsaturated/α-hetero) is 1. The molecule has 3 fully saturated rings. The number of hydrogen-bond donors (Lipinski definition) is 3. The summed E-state index contributed by atoms with van der Waals surface area (Å²) >= 11 is 0. The number of aliphatic hydroxyl groups is 2. The predicted octanol–water partition coefficient (Wildman–Crippen LogP) is 4.32. The summed E-state index contributed by atoms with van der Waals surface area (Å²) in [5.41, 5.74) is -8.31.